The maximum absolute atomic E-state index is 4.97. The van der Waals surface area contributed by atoms with Crippen molar-refractivity contribution in [2.24, 2.45) is 7.05 Å². The molecule has 0 aliphatic heterocycles. The van der Waals surface area contributed by atoms with Crippen LogP contribution in [0.15, 0.2) is 0 Å². The summed E-state index contributed by atoms with van der Waals surface area (Å²) in [6.07, 6.45) is 0. The maximum Gasteiger partial charge on any atom is 0.519 e. The number of aromatic nitrogens is 3. The molecule has 1 heterocycles. The first-order valence-electron chi connectivity index (χ1n) is 3.40. The largest absolute Gasteiger partial charge is 0.519 e. The van der Waals surface area contributed by atoms with E-state index in [1.807, 2.05) is 13.8 Å². The zero-order chi connectivity index (χ0) is 8.43. The fraction of sp³-hybridized carbons (Fsp3) is 0.571. The van der Waals surface area contributed by atoms with Crippen molar-refractivity contribution in [3.05, 3.63) is 11.4 Å². The van der Waals surface area contributed by atoms with E-state index in [1.54, 1.807) is 18.8 Å². The minimum absolute atomic E-state index is 0.535. The summed E-state index contributed by atoms with van der Waals surface area (Å²) >= 11 is 0. The van der Waals surface area contributed by atoms with Gasteiger partial charge in [0, 0.05) is 6.92 Å². The topological polar surface area (TPSA) is 38.9 Å². The Hall–Kier alpha value is -1.19. The summed E-state index contributed by atoms with van der Waals surface area (Å²) in [4.78, 5) is 4.17. The minimum atomic E-state index is 0.535. The Bertz CT molecular complexity index is 273. The van der Waals surface area contributed by atoms with Crippen LogP contribution in [0, 0.1) is 13.8 Å². The molecule has 0 amide bonds. The third-order valence-electron chi connectivity index (χ3n) is 1.55. The predicted molar refractivity (Wildman–Crippen MR) is 39.2 cm³/mol. The summed E-state index contributed by atoms with van der Waals surface area (Å²) in [7, 11) is 3.39. The summed E-state index contributed by atoms with van der Waals surface area (Å²) in [6, 6.07) is 0.535. The van der Waals surface area contributed by atoms with E-state index in [0.717, 1.165) is 11.4 Å². The maximum atomic E-state index is 4.97. The van der Waals surface area contributed by atoms with Crippen molar-refractivity contribution in [1.82, 2.24) is 10.1 Å². The smallest absolute Gasteiger partial charge is 0.430 e. The van der Waals surface area contributed by atoms with Crippen LogP contribution in [0.1, 0.15) is 11.4 Å². The predicted octanol–water partition coefficient (Wildman–Crippen LogP) is -0.0735. The van der Waals surface area contributed by atoms with Crippen LogP contribution in [0.2, 0.25) is 0 Å². The van der Waals surface area contributed by atoms with E-state index in [2.05, 4.69) is 10.1 Å². The lowest BCUT2D eigenvalue weighted by atomic mass is 10.4. The molecule has 0 aromatic carbocycles. The van der Waals surface area contributed by atoms with Gasteiger partial charge in [-0.25, -0.2) is 0 Å². The van der Waals surface area contributed by atoms with Gasteiger partial charge in [0.05, 0.1) is 7.11 Å². The van der Waals surface area contributed by atoms with Crippen molar-refractivity contribution in [1.29, 1.82) is 0 Å². The second kappa shape index (κ2) is 2.82. The molecule has 1 rings (SSSR count). The number of nitrogens with zero attached hydrogens (tertiary/aromatic N) is 3. The van der Waals surface area contributed by atoms with E-state index in [0.29, 0.717) is 6.01 Å². The highest BCUT2D eigenvalue weighted by Gasteiger charge is 2.13. The Balaban J connectivity index is 3.21. The first-order chi connectivity index (χ1) is 5.15. The lowest BCUT2D eigenvalue weighted by Gasteiger charge is -1.96. The van der Waals surface area contributed by atoms with Gasteiger partial charge in [0.25, 0.3) is 0 Å². The molecule has 4 nitrogen and oxygen atoms in total. The highest BCUT2D eigenvalue weighted by atomic mass is 16.5. The van der Waals surface area contributed by atoms with E-state index in [-0.39, 0.29) is 0 Å². The van der Waals surface area contributed by atoms with E-state index < -0.39 is 0 Å². The van der Waals surface area contributed by atoms with E-state index in [1.165, 1.54) is 0 Å². The Morgan fingerprint density at radius 1 is 1.27 bits per heavy atom. The summed E-state index contributed by atoms with van der Waals surface area (Å²) < 4.78 is 6.58. The van der Waals surface area contributed by atoms with Crippen LogP contribution in [0.3, 0.4) is 0 Å². The van der Waals surface area contributed by atoms with Gasteiger partial charge in [-0.2, -0.15) is 0 Å². The van der Waals surface area contributed by atoms with Crippen LogP contribution in [-0.2, 0) is 7.05 Å². The van der Waals surface area contributed by atoms with Gasteiger partial charge >= 0.3 is 6.01 Å². The van der Waals surface area contributed by atoms with Crippen LogP contribution in [0.5, 0.6) is 6.01 Å². The van der Waals surface area contributed by atoms with Gasteiger partial charge in [-0.15, -0.1) is 0 Å². The van der Waals surface area contributed by atoms with Crippen molar-refractivity contribution in [2.75, 3.05) is 7.11 Å². The van der Waals surface area contributed by atoms with Gasteiger partial charge in [-0.3, -0.25) is 0 Å². The van der Waals surface area contributed by atoms with Crippen LogP contribution in [0.4, 0.5) is 0 Å². The molecule has 0 aliphatic carbocycles. The molecule has 1 aromatic rings. The summed E-state index contributed by atoms with van der Waals surface area (Å²) in [6.45, 7) is 3.83. The molecule has 0 bridgehead atoms. The van der Waals surface area contributed by atoms with Crippen molar-refractivity contribution in [2.45, 2.75) is 13.8 Å². The average Bonchev–Trinajstić information content (AvgIpc) is 1.97. The first-order valence-corrected chi connectivity index (χ1v) is 3.40. The fourth-order valence-electron chi connectivity index (χ4n) is 0.815. The van der Waals surface area contributed by atoms with Crippen LogP contribution in [0.25, 0.3) is 0 Å². The quantitative estimate of drug-likeness (QED) is 0.531. The molecule has 0 aliphatic rings. The number of hydrogen-bond donors (Lipinski definition) is 0. The zero-order valence-corrected chi connectivity index (χ0v) is 7.25. The molecular weight excluding hydrogens is 142 g/mol. The summed E-state index contributed by atoms with van der Waals surface area (Å²) in [5.41, 5.74) is 1.83. The minimum Gasteiger partial charge on any atom is -0.430 e. The number of methoxy groups -OCH3 is 1. The molecule has 0 N–H and O–H groups in total. The lowest BCUT2D eigenvalue weighted by molar-refractivity contribution is -0.738. The first kappa shape index (κ1) is 7.91. The van der Waals surface area contributed by atoms with E-state index >= 15 is 0 Å². The van der Waals surface area contributed by atoms with Gasteiger partial charge in [0.15, 0.2) is 5.69 Å². The van der Waals surface area contributed by atoms with Crippen LogP contribution < -0.4 is 9.42 Å². The Labute approximate surface area is 65.8 Å². The SMILES string of the molecule is COc1nc(C)c(C)n[n+]1C. The standard InChI is InChI=1S/C7H12N3O/c1-5-6(2)9-10(3)7(8-5)11-4/h1-4H3/q+1. The van der Waals surface area contributed by atoms with Gasteiger partial charge in [-0.1, -0.05) is 9.78 Å². The molecule has 4 heteroatoms. The molecule has 0 radical (unpaired) electrons. The van der Waals surface area contributed by atoms with Crippen molar-refractivity contribution in [3.63, 3.8) is 0 Å². The van der Waals surface area contributed by atoms with Gasteiger partial charge in [0.1, 0.15) is 12.7 Å². The highest BCUT2D eigenvalue weighted by molar-refractivity contribution is 5.04. The molecule has 0 unspecified atom stereocenters. The third-order valence-corrected chi connectivity index (χ3v) is 1.55. The monoisotopic (exact) mass is 154 g/mol. The Morgan fingerprint density at radius 2 is 1.91 bits per heavy atom. The molecule has 0 spiro atoms. The Morgan fingerprint density at radius 3 is 2.45 bits per heavy atom. The molecule has 0 fully saturated rings. The number of rotatable bonds is 1. The van der Waals surface area contributed by atoms with Gasteiger partial charge in [0.2, 0.25) is 0 Å². The number of hydrogen-bond acceptors (Lipinski definition) is 3. The molecule has 60 valence electrons. The highest BCUT2D eigenvalue weighted by Crippen LogP contribution is 2.00. The third kappa shape index (κ3) is 1.45. The number of aryl methyl sites for hydroxylation is 3. The van der Waals surface area contributed by atoms with Crippen molar-refractivity contribution < 1.29 is 9.42 Å². The molecule has 0 atom stereocenters. The van der Waals surface area contributed by atoms with E-state index in [4.69, 9.17) is 4.74 Å². The van der Waals surface area contributed by atoms with Crippen molar-refractivity contribution in [3.8, 4) is 6.01 Å². The average molecular weight is 154 g/mol. The molecule has 1 aromatic heterocycles. The molecular formula is C7H12N3O+. The second-order valence-corrected chi connectivity index (χ2v) is 2.39. The number of ether oxygens (including phenoxy) is 1. The molecule has 11 heavy (non-hydrogen) atoms. The summed E-state index contributed by atoms with van der Waals surface area (Å²) in [5.74, 6) is 0. The van der Waals surface area contributed by atoms with Crippen LogP contribution >= 0.6 is 0 Å². The fourth-order valence-corrected chi connectivity index (χ4v) is 0.815. The van der Waals surface area contributed by atoms with E-state index in [9.17, 15) is 0 Å². The molecule has 0 saturated heterocycles. The normalized spacial score (nSPS) is 9.82. The van der Waals surface area contributed by atoms with Gasteiger partial charge in [-0.05, 0) is 11.9 Å². The molecule has 0 saturated carbocycles. The Kier molecular flexibility index (Phi) is 2.03. The second-order valence-electron chi connectivity index (χ2n) is 2.39. The lowest BCUT2D eigenvalue weighted by Crippen LogP contribution is -2.37. The van der Waals surface area contributed by atoms with Crippen molar-refractivity contribution >= 4 is 0 Å². The van der Waals surface area contributed by atoms with Gasteiger partial charge < -0.3 is 4.74 Å². The summed E-state index contributed by atoms with van der Waals surface area (Å²) in [5, 5.41) is 4.17. The zero-order valence-electron chi connectivity index (χ0n) is 7.25. The van der Waals surface area contributed by atoms with Crippen LogP contribution in [-0.4, -0.2) is 17.2 Å².